The summed E-state index contributed by atoms with van der Waals surface area (Å²) in [6.07, 6.45) is 6.09. The summed E-state index contributed by atoms with van der Waals surface area (Å²) in [5.41, 5.74) is 2.85. The van der Waals surface area contributed by atoms with Crippen molar-refractivity contribution in [2.45, 2.75) is 26.0 Å². The van der Waals surface area contributed by atoms with Gasteiger partial charge in [0, 0.05) is 24.5 Å². The SMILES string of the molecule is OCc1cc(-c2ccncc2)nn1CC1CC1. The van der Waals surface area contributed by atoms with E-state index in [1.54, 1.807) is 12.4 Å². The molecular weight excluding hydrogens is 214 g/mol. The van der Waals surface area contributed by atoms with Gasteiger partial charge in [-0.05, 0) is 37.0 Å². The Morgan fingerprint density at radius 1 is 1.29 bits per heavy atom. The first kappa shape index (κ1) is 10.5. The molecule has 0 bridgehead atoms. The highest BCUT2D eigenvalue weighted by atomic mass is 16.3. The van der Waals surface area contributed by atoms with Gasteiger partial charge >= 0.3 is 0 Å². The Bertz CT molecular complexity index is 503. The van der Waals surface area contributed by atoms with Crippen LogP contribution in [0.5, 0.6) is 0 Å². The lowest BCUT2D eigenvalue weighted by atomic mass is 10.2. The van der Waals surface area contributed by atoms with Crippen LogP contribution in [0, 0.1) is 5.92 Å². The second kappa shape index (κ2) is 4.30. The summed E-state index contributed by atoms with van der Waals surface area (Å²) in [7, 11) is 0. The van der Waals surface area contributed by atoms with Crippen LogP contribution in [0.15, 0.2) is 30.6 Å². The lowest BCUT2D eigenvalue weighted by Crippen LogP contribution is -2.06. The molecule has 1 aliphatic carbocycles. The van der Waals surface area contributed by atoms with Gasteiger partial charge in [-0.2, -0.15) is 5.10 Å². The van der Waals surface area contributed by atoms with Gasteiger partial charge < -0.3 is 5.11 Å². The summed E-state index contributed by atoms with van der Waals surface area (Å²) in [5.74, 6) is 0.755. The van der Waals surface area contributed by atoms with Crippen LogP contribution in [0.2, 0.25) is 0 Å². The summed E-state index contributed by atoms with van der Waals surface area (Å²) in [4.78, 5) is 3.99. The summed E-state index contributed by atoms with van der Waals surface area (Å²) in [6.45, 7) is 0.978. The number of pyridine rings is 1. The zero-order chi connectivity index (χ0) is 11.7. The molecule has 0 atom stereocenters. The van der Waals surface area contributed by atoms with Crippen molar-refractivity contribution in [1.82, 2.24) is 14.8 Å². The molecule has 2 heterocycles. The highest BCUT2D eigenvalue weighted by molar-refractivity contribution is 5.58. The minimum Gasteiger partial charge on any atom is -0.390 e. The van der Waals surface area contributed by atoms with Gasteiger partial charge in [-0.25, -0.2) is 0 Å². The Labute approximate surface area is 99.9 Å². The van der Waals surface area contributed by atoms with Crippen molar-refractivity contribution < 1.29 is 5.11 Å². The van der Waals surface area contributed by atoms with Crippen molar-refractivity contribution in [3.8, 4) is 11.3 Å². The fraction of sp³-hybridized carbons (Fsp3) is 0.385. The van der Waals surface area contributed by atoms with E-state index in [9.17, 15) is 5.11 Å². The van der Waals surface area contributed by atoms with Crippen LogP contribution in [0.25, 0.3) is 11.3 Å². The third kappa shape index (κ3) is 2.22. The summed E-state index contributed by atoms with van der Waals surface area (Å²) in [5, 5.41) is 13.9. The van der Waals surface area contributed by atoms with E-state index in [0.29, 0.717) is 0 Å². The number of nitrogens with zero attached hydrogens (tertiary/aromatic N) is 3. The van der Waals surface area contributed by atoms with Gasteiger partial charge in [-0.3, -0.25) is 9.67 Å². The molecule has 4 heteroatoms. The molecule has 0 aromatic carbocycles. The van der Waals surface area contributed by atoms with Crippen molar-refractivity contribution in [3.05, 3.63) is 36.3 Å². The van der Waals surface area contributed by atoms with Gasteiger partial charge in [0.2, 0.25) is 0 Å². The zero-order valence-corrected chi connectivity index (χ0v) is 9.58. The number of aromatic nitrogens is 3. The van der Waals surface area contributed by atoms with Crippen molar-refractivity contribution >= 4 is 0 Å². The maximum absolute atomic E-state index is 9.34. The number of hydrogen-bond acceptors (Lipinski definition) is 3. The van der Waals surface area contributed by atoms with E-state index < -0.39 is 0 Å². The molecule has 0 aliphatic heterocycles. The van der Waals surface area contributed by atoms with Crippen molar-refractivity contribution in [3.63, 3.8) is 0 Å². The fourth-order valence-electron chi connectivity index (χ4n) is 1.95. The standard InChI is InChI=1S/C13H15N3O/c17-9-12-7-13(11-3-5-14-6-4-11)15-16(12)8-10-1-2-10/h3-7,10,17H,1-2,8-9H2. The summed E-state index contributed by atoms with van der Waals surface area (Å²) >= 11 is 0. The van der Waals surface area contributed by atoms with E-state index >= 15 is 0 Å². The first-order valence-electron chi connectivity index (χ1n) is 5.95. The van der Waals surface area contributed by atoms with Crippen LogP contribution >= 0.6 is 0 Å². The molecule has 1 fully saturated rings. The van der Waals surface area contributed by atoms with Gasteiger partial charge in [-0.1, -0.05) is 0 Å². The van der Waals surface area contributed by atoms with Gasteiger partial charge in [0.15, 0.2) is 0 Å². The molecule has 1 saturated carbocycles. The third-order valence-electron chi connectivity index (χ3n) is 3.13. The first-order chi connectivity index (χ1) is 8.36. The summed E-state index contributed by atoms with van der Waals surface area (Å²) in [6, 6.07) is 5.83. The average molecular weight is 229 g/mol. The molecule has 2 aromatic heterocycles. The van der Waals surface area contributed by atoms with Crippen LogP contribution in [-0.4, -0.2) is 19.9 Å². The van der Waals surface area contributed by atoms with Gasteiger partial charge in [0.25, 0.3) is 0 Å². The lowest BCUT2D eigenvalue weighted by Gasteiger charge is -2.02. The molecule has 3 rings (SSSR count). The van der Waals surface area contributed by atoms with Crippen molar-refractivity contribution in [2.24, 2.45) is 5.92 Å². The van der Waals surface area contributed by atoms with Crippen molar-refractivity contribution in [1.29, 1.82) is 0 Å². The van der Waals surface area contributed by atoms with Crippen LogP contribution < -0.4 is 0 Å². The maximum atomic E-state index is 9.34. The van der Waals surface area contributed by atoms with Crippen LogP contribution in [-0.2, 0) is 13.2 Å². The van der Waals surface area contributed by atoms with E-state index in [1.165, 1.54) is 12.8 Å². The molecule has 0 unspecified atom stereocenters. The minimum absolute atomic E-state index is 0.0464. The van der Waals surface area contributed by atoms with E-state index in [4.69, 9.17) is 0 Å². The Kier molecular flexibility index (Phi) is 2.65. The fourth-order valence-corrected chi connectivity index (χ4v) is 1.95. The normalized spacial score (nSPS) is 15.1. The van der Waals surface area contributed by atoms with Crippen molar-refractivity contribution in [2.75, 3.05) is 0 Å². The molecule has 4 nitrogen and oxygen atoms in total. The quantitative estimate of drug-likeness (QED) is 0.870. The molecular formula is C13H15N3O. The van der Waals surface area contributed by atoms with E-state index in [2.05, 4.69) is 10.1 Å². The van der Waals surface area contributed by atoms with E-state index in [-0.39, 0.29) is 6.61 Å². The Balaban J connectivity index is 1.92. The highest BCUT2D eigenvalue weighted by Gasteiger charge is 2.23. The van der Waals surface area contributed by atoms with Gasteiger partial charge in [0.1, 0.15) is 0 Å². The van der Waals surface area contributed by atoms with E-state index in [1.807, 2.05) is 22.9 Å². The number of aliphatic hydroxyl groups excluding tert-OH is 1. The predicted octanol–water partition coefficient (Wildman–Crippen LogP) is 1.85. The smallest absolute Gasteiger partial charge is 0.0928 e. The topological polar surface area (TPSA) is 50.9 Å². The molecule has 1 aliphatic rings. The molecule has 2 aromatic rings. The molecule has 88 valence electrons. The van der Waals surface area contributed by atoms with Crippen LogP contribution in [0.1, 0.15) is 18.5 Å². The monoisotopic (exact) mass is 229 g/mol. The largest absolute Gasteiger partial charge is 0.390 e. The number of rotatable bonds is 4. The van der Waals surface area contributed by atoms with Gasteiger partial charge in [-0.15, -0.1) is 0 Å². The molecule has 0 radical (unpaired) electrons. The summed E-state index contributed by atoms with van der Waals surface area (Å²) < 4.78 is 1.94. The second-order valence-electron chi connectivity index (χ2n) is 4.54. The van der Waals surface area contributed by atoms with Crippen LogP contribution in [0.3, 0.4) is 0 Å². The minimum atomic E-state index is 0.0464. The molecule has 0 amide bonds. The molecule has 1 N–H and O–H groups in total. The van der Waals surface area contributed by atoms with Gasteiger partial charge in [0.05, 0.1) is 18.0 Å². The number of hydrogen-bond donors (Lipinski definition) is 1. The lowest BCUT2D eigenvalue weighted by molar-refractivity contribution is 0.266. The van der Waals surface area contributed by atoms with Crippen LogP contribution in [0.4, 0.5) is 0 Å². The number of aliphatic hydroxyl groups is 1. The Morgan fingerprint density at radius 2 is 2.06 bits per heavy atom. The molecule has 17 heavy (non-hydrogen) atoms. The second-order valence-corrected chi connectivity index (χ2v) is 4.54. The average Bonchev–Trinajstić information content (AvgIpc) is 3.09. The molecule has 0 saturated heterocycles. The zero-order valence-electron chi connectivity index (χ0n) is 9.58. The first-order valence-corrected chi connectivity index (χ1v) is 5.95. The highest BCUT2D eigenvalue weighted by Crippen LogP contribution is 2.31. The molecule has 0 spiro atoms. The van der Waals surface area contributed by atoms with E-state index in [0.717, 1.165) is 29.4 Å². The maximum Gasteiger partial charge on any atom is 0.0928 e. The third-order valence-corrected chi connectivity index (χ3v) is 3.13. The Morgan fingerprint density at radius 3 is 2.71 bits per heavy atom. The Hall–Kier alpha value is -1.68. The predicted molar refractivity (Wildman–Crippen MR) is 64.1 cm³/mol.